The van der Waals surface area contributed by atoms with Gasteiger partial charge in [0.25, 0.3) is 0 Å². The standard InChI is InChI=1S/C9H14N2O2S/c1-3-4-5-11(2)9-10-6-7(14-9)8(12)13/h6H,3-5H2,1-2H3,(H,12,13). The van der Waals surface area contributed by atoms with Crippen LogP contribution in [-0.2, 0) is 0 Å². The third kappa shape index (κ3) is 2.70. The van der Waals surface area contributed by atoms with Crippen LogP contribution < -0.4 is 4.90 Å². The first-order valence-corrected chi connectivity index (χ1v) is 5.37. The van der Waals surface area contributed by atoms with Crippen LogP contribution in [0.1, 0.15) is 29.4 Å². The molecule has 5 heteroatoms. The molecule has 0 unspecified atom stereocenters. The van der Waals surface area contributed by atoms with E-state index in [4.69, 9.17) is 5.11 Å². The molecule has 4 nitrogen and oxygen atoms in total. The molecule has 0 aromatic carbocycles. The van der Waals surface area contributed by atoms with E-state index in [2.05, 4.69) is 11.9 Å². The van der Waals surface area contributed by atoms with E-state index in [1.54, 1.807) is 0 Å². The van der Waals surface area contributed by atoms with Crippen LogP contribution in [0.25, 0.3) is 0 Å². The number of rotatable bonds is 5. The Balaban J connectivity index is 2.61. The molecule has 0 bridgehead atoms. The smallest absolute Gasteiger partial charge is 0.347 e. The molecule has 0 radical (unpaired) electrons. The molecule has 0 aliphatic heterocycles. The van der Waals surface area contributed by atoms with Crippen LogP contribution in [0, 0.1) is 0 Å². The monoisotopic (exact) mass is 214 g/mol. The Hall–Kier alpha value is -1.10. The average molecular weight is 214 g/mol. The second kappa shape index (κ2) is 4.95. The van der Waals surface area contributed by atoms with E-state index < -0.39 is 5.97 Å². The number of aromatic nitrogens is 1. The first-order valence-electron chi connectivity index (χ1n) is 4.55. The summed E-state index contributed by atoms with van der Waals surface area (Å²) in [5.41, 5.74) is 0. The van der Waals surface area contributed by atoms with Gasteiger partial charge >= 0.3 is 5.97 Å². The largest absolute Gasteiger partial charge is 0.477 e. The molecule has 0 spiro atoms. The third-order valence-electron chi connectivity index (χ3n) is 1.88. The number of anilines is 1. The molecule has 0 atom stereocenters. The second-order valence-corrected chi connectivity index (χ2v) is 4.10. The molecular formula is C9H14N2O2S. The average Bonchev–Trinajstić information content (AvgIpc) is 2.62. The highest BCUT2D eigenvalue weighted by Crippen LogP contribution is 2.21. The predicted octanol–water partition coefficient (Wildman–Crippen LogP) is 2.08. The van der Waals surface area contributed by atoms with E-state index in [-0.39, 0.29) is 0 Å². The number of hydrogen-bond acceptors (Lipinski definition) is 4. The van der Waals surface area contributed by atoms with Gasteiger partial charge in [-0.2, -0.15) is 0 Å². The number of carboxylic acid groups (broad SMARTS) is 1. The zero-order chi connectivity index (χ0) is 10.6. The van der Waals surface area contributed by atoms with Gasteiger partial charge in [0.1, 0.15) is 4.88 Å². The molecule has 0 amide bonds. The van der Waals surface area contributed by atoms with E-state index in [0.29, 0.717) is 4.88 Å². The Morgan fingerprint density at radius 2 is 2.43 bits per heavy atom. The first-order chi connectivity index (χ1) is 6.65. The van der Waals surface area contributed by atoms with Crippen molar-refractivity contribution in [1.29, 1.82) is 0 Å². The van der Waals surface area contributed by atoms with Crippen LogP contribution in [0.4, 0.5) is 5.13 Å². The zero-order valence-electron chi connectivity index (χ0n) is 8.36. The van der Waals surface area contributed by atoms with Crippen molar-refractivity contribution in [3.63, 3.8) is 0 Å². The molecule has 1 rings (SSSR count). The van der Waals surface area contributed by atoms with Gasteiger partial charge in [0.05, 0.1) is 6.20 Å². The third-order valence-corrected chi connectivity index (χ3v) is 2.98. The van der Waals surface area contributed by atoms with Gasteiger partial charge in [-0.05, 0) is 6.42 Å². The summed E-state index contributed by atoms with van der Waals surface area (Å²) in [4.78, 5) is 16.9. The van der Waals surface area contributed by atoms with Crippen molar-refractivity contribution < 1.29 is 9.90 Å². The normalized spacial score (nSPS) is 10.1. The fourth-order valence-corrected chi connectivity index (χ4v) is 1.77. The summed E-state index contributed by atoms with van der Waals surface area (Å²) in [6, 6.07) is 0. The molecule has 1 heterocycles. The molecule has 1 N–H and O–H groups in total. The van der Waals surface area contributed by atoms with Crippen molar-refractivity contribution in [2.75, 3.05) is 18.5 Å². The van der Waals surface area contributed by atoms with E-state index in [1.807, 2.05) is 11.9 Å². The van der Waals surface area contributed by atoms with E-state index in [0.717, 1.165) is 24.5 Å². The van der Waals surface area contributed by atoms with Crippen LogP contribution in [0.3, 0.4) is 0 Å². The van der Waals surface area contributed by atoms with E-state index >= 15 is 0 Å². The lowest BCUT2D eigenvalue weighted by Crippen LogP contribution is -2.17. The predicted molar refractivity (Wildman–Crippen MR) is 57.3 cm³/mol. The minimum atomic E-state index is -0.905. The summed E-state index contributed by atoms with van der Waals surface area (Å²) in [7, 11) is 1.93. The Bertz CT molecular complexity index is 312. The number of carboxylic acids is 1. The van der Waals surface area contributed by atoms with Crippen molar-refractivity contribution in [2.24, 2.45) is 0 Å². The van der Waals surface area contributed by atoms with Crippen molar-refractivity contribution in [3.8, 4) is 0 Å². The lowest BCUT2D eigenvalue weighted by atomic mass is 10.3. The van der Waals surface area contributed by atoms with Crippen molar-refractivity contribution >= 4 is 22.4 Å². The second-order valence-electron chi connectivity index (χ2n) is 3.09. The van der Waals surface area contributed by atoms with Gasteiger partial charge in [-0.1, -0.05) is 24.7 Å². The number of aromatic carboxylic acids is 1. The summed E-state index contributed by atoms with van der Waals surface area (Å²) < 4.78 is 0. The minimum absolute atomic E-state index is 0.295. The van der Waals surface area contributed by atoms with E-state index in [1.165, 1.54) is 17.5 Å². The lowest BCUT2D eigenvalue weighted by molar-refractivity contribution is 0.0702. The van der Waals surface area contributed by atoms with Gasteiger partial charge in [-0.3, -0.25) is 0 Å². The molecule has 0 aliphatic rings. The number of nitrogens with zero attached hydrogens (tertiary/aromatic N) is 2. The minimum Gasteiger partial charge on any atom is -0.477 e. The zero-order valence-corrected chi connectivity index (χ0v) is 9.17. The van der Waals surface area contributed by atoms with Crippen LogP contribution in [0.2, 0.25) is 0 Å². The number of carbonyl (C=O) groups is 1. The maximum absolute atomic E-state index is 10.6. The molecule has 1 aromatic heterocycles. The first kappa shape index (κ1) is 11.0. The molecule has 78 valence electrons. The van der Waals surface area contributed by atoms with Gasteiger partial charge < -0.3 is 10.0 Å². The maximum atomic E-state index is 10.6. The quantitative estimate of drug-likeness (QED) is 0.815. The Labute approximate surface area is 87.2 Å². The summed E-state index contributed by atoms with van der Waals surface area (Å²) in [5.74, 6) is -0.905. The number of unbranched alkanes of at least 4 members (excludes halogenated alkanes) is 1. The molecule has 14 heavy (non-hydrogen) atoms. The molecule has 1 aromatic rings. The van der Waals surface area contributed by atoms with Gasteiger partial charge in [0.15, 0.2) is 5.13 Å². The van der Waals surface area contributed by atoms with Crippen molar-refractivity contribution in [3.05, 3.63) is 11.1 Å². The van der Waals surface area contributed by atoms with Crippen LogP contribution >= 0.6 is 11.3 Å². The number of hydrogen-bond donors (Lipinski definition) is 1. The number of thiazole rings is 1. The fourth-order valence-electron chi connectivity index (χ4n) is 1.03. The Morgan fingerprint density at radius 3 is 2.93 bits per heavy atom. The highest BCUT2D eigenvalue weighted by atomic mass is 32.1. The summed E-state index contributed by atoms with van der Waals surface area (Å²) in [6.45, 7) is 3.04. The fraction of sp³-hybridized carbons (Fsp3) is 0.556. The maximum Gasteiger partial charge on any atom is 0.347 e. The highest BCUT2D eigenvalue weighted by molar-refractivity contribution is 7.17. The molecular weight excluding hydrogens is 200 g/mol. The molecule has 0 saturated carbocycles. The highest BCUT2D eigenvalue weighted by Gasteiger charge is 2.10. The Morgan fingerprint density at radius 1 is 1.71 bits per heavy atom. The molecule has 0 saturated heterocycles. The van der Waals surface area contributed by atoms with Gasteiger partial charge in [0, 0.05) is 13.6 Å². The summed E-state index contributed by atoms with van der Waals surface area (Å²) >= 11 is 1.21. The van der Waals surface area contributed by atoms with Crippen LogP contribution in [0.5, 0.6) is 0 Å². The Kier molecular flexibility index (Phi) is 3.88. The van der Waals surface area contributed by atoms with Crippen LogP contribution in [-0.4, -0.2) is 29.7 Å². The van der Waals surface area contributed by atoms with Gasteiger partial charge in [0.2, 0.25) is 0 Å². The van der Waals surface area contributed by atoms with Crippen LogP contribution in [0.15, 0.2) is 6.20 Å². The van der Waals surface area contributed by atoms with Gasteiger partial charge in [-0.25, -0.2) is 9.78 Å². The van der Waals surface area contributed by atoms with Gasteiger partial charge in [-0.15, -0.1) is 0 Å². The summed E-state index contributed by atoms with van der Waals surface area (Å²) in [6.07, 6.45) is 3.63. The van der Waals surface area contributed by atoms with Crippen molar-refractivity contribution in [2.45, 2.75) is 19.8 Å². The lowest BCUT2D eigenvalue weighted by Gasteiger charge is -2.14. The molecule has 0 aliphatic carbocycles. The SMILES string of the molecule is CCCCN(C)c1ncc(C(=O)O)s1. The van der Waals surface area contributed by atoms with Crippen molar-refractivity contribution in [1.82, 2.24) is 4.98 Å². The molecule has 0 fully saturated rings. The topological polar surface area (TPSA) is 53.4 Å². The van der Waals surface area contributed by atoms with E-state index in [9.17, 15) is 4.79 Å². The summed E-state index contributed by atoms with van der Waals surface area (Å²) in [5, 5.41) is 9.48.